The zero-order chi connectivity index (χ0) is 11.8. The maximum Gasteiger partial charge on any atom is 0.251 e. The molecular weight excluding hydrogens is 208 g/mol. The molecule has 0 aromatic heterocycles. The molecule has 16 heavy (non-hydrogen) atoms. The number of hydrogen-bond donors (Lipinski definition) is 3. The van der Waals surface area contributed by atoms with Gasteiger partial charge in [0, 0.05) is 18.7 Å². The van der Waals surface area contributed by atoms with Crippen molar-refractivity contribution in [3.63, 3.8) is 0 Å². The van der Waals surface area contributed by atoms with Crippen molar-refractivity contribution >= 4 is 5.91 Å². The van der Waals surface area contributed by atoms with Crippen LogP contribution < -0.4 is 11.1 Å². The van der Waals surface area contributed by atoms with E-state index in [2.05, 4.69) is 5.32 Å². The third-order valence-electron chi connectivity index (χ3n) is 1.90. The van der Waals surface area contributed by atoms with Crippen LogP contribution >= 0.6 is 0 Å². The van der Waals surface area contributed by atoms with E-state index in [-0.39, 0.29) is 11.7 Å². The number of nitrogens with one attached hydrogen (secondary N) is 1. The highest BCUT2D eigenvalue weighted by atomic mass is 16.5. The van der Waals surface area contributed by atoms with Gasteiger partial charge in [-0.25, -0.2) is 0 Å². The number of aromatic hydroxyl groups is 1. The maximum absolute atomic E-state index is 11.5. The van der Waals surface area contributed by atoms with Crippen LogP contribution in [0.1, 0.15) is 10.4 Å². The Morgan fingerprint density at radius 3 is 2.94 bits per heavy atom. The van der Waals surface area contributed by atoms with Gasteiger partial charge in [-0.2, -0.15) is 0 Å². The molecule has 4 N–H and O–H groups in total. The zero-order valence-electron chi connectivity index (χ0n) is 8.98. The summed E-state index contributed by atoms with van der Waals surface area (Å²) < 4.78 is 5.10. The third-order valence-corrected chi connectivity index (χ3v) is 1.90. The van der Waals surface area contributed by atoms with E-state index in [4.69, 9.17) is 10.5 Å². The first kappa shape index (κ1) is 12.5. The second kappa shape index (κ2) is 6.81. The number of rotatable bonds is 6. The van der Waals surface area contributed by atoms with Crippen molar-refractivity contribution in [3.8, 4) is 5.75 Å². The lowest BCUT2D eigenvalue weighted by Gasteiger charge is -2.05. The number of ether oxygens (including phenoxy) is 1. The van der Waals surface area contributed by atoms with Crippen LogP contribution in [0.25, 0.3) is 0 Å². The molecule has 0 unspecified atom stereocenters. The first-order valence-electron chi connectivity index (χ1n) is 5.09. The quantitative estimate of drug-likeness (QED) is 0.598. The fraction of sp³-hybridized carbons (Fsp3) is 0.364. The first-order chi connectivity index (χ1) is 7.74. The van der Waals surface area contributed by atoms with Crippen LogP contribution in [0.2, 0.25) is 0 Å². The number of hydrogen-bond acceptors (Lipinski definition) is 4. The van der Waals surface area contributed by atoms with E-state index in [1.165, 1.54) is 12.1 Å². The van der Waals surface area contributed by atoms with Crippen molar-refractivity contribution in [1.29, 1.82) is 0 Å². The van der Waals surface area contributed by atoms with E-state index < -0.39 is 0 Å². The van der Waals surface area contributed by atoms with Crippen molar-refractivity contribution in [2.75, 3.05) is 26.3 Å². The molecule has 0 spiro atoms. The van der Waals surface area contributed by atoms with Gasteiger partial charge in [0.15, 0.2) is 0 Å². The Morgan fingerprint density at radius 1 is 1.44 bits per heavy atom. The van der Waals surface area contributed by atoms with E-state index in [0.717, 1.165) is 0 Å². The van der Waals surface area contributed by atoms with Crippen LogP contribution in [0, 0.1) is 0 Å². The maximum atomic E-state index is 11.5. The van der Waals surface area contributed by atoms with Crippen molar-refractivity contribution < 1.29 is 14.6 Å². The van der Waals surface area contributed by atoms with E-state index in [0.29, 0.717) is 31.9 Å². The standard InChI is InChI=1S/C11H16N2O3/c12-4-6-16-7-5-13-11(15)9-2-1-3-10(14)8-9/h1-3,8,14H,4-7,12H2,(H,13,15). The number of amides is 1. The highest BCUT2D eigenvalue weighted by Gasteiger charge is 2.04. The summed E-state index contributed by atoms with van der Waals surface area (Å²) in [6.45, 7) is 1.82. The number of phenols is 1. The highest BCUT2D eigenvalue weighted by molar-refractivity contribution is 5.94. The average Bonchev–Trinajstić information content (AvgIpc) is 2.28. The van der Waals surface area contributed by atoms with E-state index in [9.17, 15) is 9.90 Å². The number of carbonyl (C=O) groups is 1. The average molecular weight is 224 g/mol. The van der Waals surface area contributed by atoms with Crippen molar-refractivity contribution in [3.05, 3.63) is 29.8 Å². The summed E-state index contributed by atoms with van der Waals surface area (Å²) in [7, 11) is 0. The molecule has 0 fully saturated rings. The number of carbonyl (C=O) groups excluding carboxylic acids is 1. The minimum atomic E-state index is -0.229. The Bertz CT molecular complexity index is 342. The second-order valence-electron chi connectivity index (χ2n) is 3.21. The van der Waals surface area contributed by atoms with Gasteiger partial charge in [0.2, 0.25) is 0 Å². The molecule has 5 nitrogen and oxygen atoms in total. The zero-order valence-corrected chi connectivity index (χ0v) is 8.98. The summed E-state index contributed by atoms with van der Waals surface area (Å²) in [6, 6.07) is 6.18. The molecule has 1 aromatic carbocycles. The lowest BCUT2D eigenvalue weighted by atomic mass is 10.2. The second-order valence-corrected chi connectivity index (χ2v) is 3.21. The molecule has 0 radical (unpaired) electrons. The van der Waals surface area contributed by atoms with Gasteiger partial charge in [0.1, 0.15) is 5.75 Å². The molecule has 1 aromatic rings. The Balaban J connectivity index is 2.30. The van der Waals surface area contributed by atoms with Gasteiger partial charge >= 0.3 is 0 Å². The number of phenolic OH excluding ortho intramolecular Hbond substituents is 1. The Kier molecular flexibility index (Phi) is 5.31. The van der Waals surface area contributed by atoms with Crippen LogP contribution in [0.4, 0.5) is 0 Å². The minimum Gasteiger partial charge on any atom is -0.508 e. The lowest BCUT2D eigenvalue weighted by Crippen LogP contribution is -2.27. The monoisotopic (exact) mass is 224 g/mol. The van der Waals surface area contributed by atoms with Crippen LogP contribution in [0.5, 0.6) is 5.75 Å². The number of benzene rings is 1. The predicted octanol–water partition coefficient (Wildman–Crippen LogP) is 0.0973. The molecule has 5 heteroatoms. The van der Waals surface area contributed by atoms with Gasteiger partial charge in [-0.05, 0) is 18.2 Å². The number of nitrogens with two attached hydrogens (primary N) is 1. The Morgan fingerprint density at radius 2 is 2.25 bits per heavy atom. The fourth-order valence-corrected chi connectivity index (χ4v) is 1.17. The summed E-state index contributed by atoms with van der Waals surface area (Å²) in [6.07, 6.45) is 0. The molecule has 0 saturated carbocycles. The topological polar surface area (TPSA) is 84.6 Å². The summed E-state index contributed by atoms with van der Waals surface area (Å²) in [5, 5.41) is 11.9. The van der Waals surface area contributed by atoms with E-state index >= 15 is 0 Å². The predicted molar refractivity (Wildman–Crippen MR) is 60.3 cm³/mol. The van der Waals surface area contributed by atoms with E-state index in [1.807, 2.05) is 0 Å². The normalized spacial score (nSPS) is 10.1. The Hall–Kier alpha value is -1.59. The van der Waals surface area contributed by atoms with Crippen molar-refractivity contribution in [2.24, 2.45) is 5.73 Å². The van der Waals surface area contributed by atoms with Gasteiger partial charge in [0.25, 0.3) is 5.91 Å². The third kappa shape index (κ3) is 4.29. The van der Waals surface area contributed by atoms with Gasteiger partial charge in [-0.15, -0.1) is 0 Å². The summed E-state index contributed by atoms with van der Waals surface area (Å²) in [5.74, 6) is -0.153. The molecule has 0 heterocycles. The fourth-order valence-electron chi connectivity index (χ4n) is 1.17. The van der Waals surface area contributed by atoms with Crippen molar-refractivity contribution in [2.45, 2.75) is 0 Å². The molecule has 0 bridgehead atoms. The molecule has 0 aliphatic carbocycles. The first-order valence-corrected chi connectivity index (χ1v) is 5.09. The summed E-state index contributed by atoms with van der Waals surface area (Å²) >= 11 is 0. The van der Waals surface area contributed by atoms with Crippen LogP contribution in [-0.2, 0) is 4.74 Å². The molecule has 1 amide bonds. The van der Waals surface area contributed by atoms with Crippen LogP contribution in [0.15, 0.2) is 24.3 Å². The molecule has 0 saturated heterocycles. The lowest BCUT2D eigenvalue weighted by molar-refractivity contribution is 0.0919. The van der Waals surface area contributed by atoms with E-state index in [1.54, 1.807) is 12.1 Å². The van der Waals surface area contributed by atoms with Crippen LogP contribution in [0.3, 0.4) is 0 Å². The molecule has 0 aliphatic heterocycles. The Labute approximate surface area is 94.2 Å². The molecule has 0 aliphatic rings. The van der Waals surface area contributed by atoms with Gasteiger partial charge in [0.05, 0.1) is 13.2 Å². The van der Waals surface area contributed by atoms with Gasteiger partial charge in [-0.1, -0.05) is 6.07 Å². The summed E-state index contributed by atoms with van der Waals surface area (Å²) in [4.78, 5) is 11.5. The van der Waals surface area contributed by atoms with Gasteiger partial charge < -0.3 is 20.9 Å². The molecular formula is C11H16N2O3. The van der Waals surface area contributed by atoms with Crippen molar-refractivity contribution in [1.82, 2.24) is 5.32 Å². The SMILES string of the molecule is NCCOCCNC(=O)c1cccc(O)c1. The smallest absolute Gasteiger partial charge is 0.251 e. The minimum absolute atomic E-state index is 0.0760. The molecule has 1 rings (SSSR count). The molecule has 0 atom stereocenters. The highest BCUT2D eigenvalue weighted by Crippen LogP contribution is 2.10. The summed E-state index contributed by atoms with van der Waals surface area (Å²) in [5.41, 5.74) is 5.67. The van der Waals surface area contributed by atoms with Gasteiger partial charge in [-0.3, -0.25) is 4.79 Å². The largest absolute Gasteiger partial charge is 0.508 e. The molecule has 88 valence electrons. The van der Waals surface area contributed by atoms with Crippen LogP contribution in [-0.4, -0.2) is 37.3 Å².